The fourth-order valence-electron chi connectivity index (χ4n) is 5.41. The molecule has 224 valence electrons. The maximum absolute atomic E-state index is 13.2. The van der Waals surface area contributed by atoms with Gasteiger partial charge in [-0.3, -0.25) is 15.1 Å². The molecule has 0 radical (unpaired) electrons. The number of nitrogens with one attached hydrogen (secondary N) is 2. The predicted octanol–water partition coefficient (Wildman–Crippen LogP) is 4.52. The van der Waals surface area contributed by atoms with E-state index in [0.717, 1.165) is 28.6 Å². The van der Waals surface area contributed by atoms with E-state index >= 15 is 0 Å². The van der Waals surface area contributed by atoms with E-state index in [2.05, 4.69) is 25.9 Å². The summed E-state index contributed by atoms with van der Waals surface area (Å²) in [5, 5.41) is 8.96. The first kappa shape index (κ1) is 28.8. The largest absolute Gasteiger partial charge is 0.454 e. The molecule has 1 aromatic carbocycles. The Morgan fingerprint density at radius 2 is 1.90 bits per heavy atom. The van der Waals surface area contributed by atoms with Gasteiger partial charge >= 0.3 is 6.09 Å². The molecule has 2 aromatic heterocycles. The summed E-state index contributed by atoms with van der Waals surface area (Å²) in [4.78, 5) is 42.3. The van der Waals surface area contributed by atoms with E-state index in [9.17, 15) is 9.59 Å². The van der Waals surface area contributed by atoms with Crippen molar-refractivity contribution in [2.45, 2.75) is 74.7 Å². The van der Waals surface area contributed by atoms with Crippen LogP contribution in [0, 0.1) is 11.3 Å². The van der Waals surface area contributed by atoms with Crippen LogP contribution in [0.1, 0.15) is 46.5 Å². The highest BCUT2D eigenvalue weighted by atomic mass is 79.9. The molecule has 2 saturated heterocycles. The summed E-state index contributed by atoms with van der Waals surface area (Å²) in [5.74, 6) is 1.86. The molecule has 42 heavy (non-hydrogen) atoms. The minimum Gasteiger partial charge on any atom is -0.454 e. The lowest BCUT2D eigenvalue weighted by atomic mass is 9.92. The quantitative estimate of drug-likeness (QED) is 0.394. The van der Waals surface area contributed by atoms with Gasteiger partial charge in [0.25, 0.3) is 0 Å². The van der Waals surface area contributed by atoms with Crippen LogP contribution in [-0.4, -0.2) is 79.4 Å². The molecule has 12 nitrogen and oxygen atoms in total. The normalized spacial score (nSPS) is 18.8. The highest BCUT2D eigenvalue weighted by molar-refractivity contribution is 9.10. The van der Waals surface area contributed by atoms with Crippen molar-refractivity contribution >= 4 is 50.9 Å². The Kier molecular flexibility index (Phi) is 7.85. The third kappa shape index (κ3) is 5.96. The summed E-state index contributed by atoms with van der Waals surface area (Å²) in [5.41, 5.74) is 0.842. The van der Waals surface area contributed by atoms with E-state index in [1.54, 1.807) is 11.2 Å². The van der Waals surface area contributed by atoms with Gasteiger partial charge < -0.3 is 28.7 Å². The number of rotatable bonds is 6. The summed E-state index contributed by atoms with van der Waals surface area (Å²) < 4.78 is 19.3. The second-order valence-electron chi connectivity index (χ2n) is 11.8. The Morgan fingerprint density at radius 1 is 1.17 bits per heavy atom. The molecule has 3 aromatic rings. The van der Waals surface area contributed by atoms with Gasteiger partial charge in [0.1, 0.15) is 17.2 Å². The van der Waals surface area contributed by atoms with E-state index in [4.69, 9.17) is 24.6 Å². The first-order chi connectivity index (χ1) is 20.1. The number of imidazole rings is 1. The molecule has 2 N–H and O–H groups in total. The van der Waals surface area contributed by atoms with E-state index in [1.165, 1.54) is 11.8 Å². The van der Waals surface area contributed by atoms with Crippen LogP contribution in [0.4, 0.5) is 4.79 Å². The Bertz CT molecular complexity index is 1580. The molecule has 0 saturated carbocycles. The van der Waals surface area contributed by atoms with Crippen LogP contribution < -0.4 is 15.0 Å². The fraction of sp³-hybridized carbons (Fsp3) is 0.536. The van der Waals surface area contributed by atoms with Crippen molar-refractivity contribution < 1.29 is 23.8 Å². The number of aromatic amines is 1. The van der Waals surface area contributed by atoms with Crippen LogP contribution in [0.3, 0.4) is 0 Å². The van der Waals surface area contributed by atoms with Gasteiger partial charge in [-0.1, -0.05) is 11.8 Å². The van der Waals surface area contributed by atoms with E-state index < -0.39 is 17.7 Å². The zero-order chi connectivity index (χ0) is 29.6. The number of aromatic nitrogens is 4. The number of carbonyl (C=O) groups is 2. The molecule has 1 atom stereocenters. The van der Waals surface area contributed by atoms with Gasteiger partial charge in [-0.2, -0.15) is 0 Å². The number of fused-ring (bicyclic) bond motifs is 2. The van der Waals surface area contributed by atoms with Gasteiger partial charge in [0.05, 0.1) is 6.33 Å². The van der Waals surface area contributed by atoms with Crippen molar-refractivity contribution in [2.75, 3.05) is 26.4 Å². The summed E-state index contributed by atoms with van der Waals surface area (Å²) in [6.45, 7) is 8.32. The van der Waals surface area contributed by atoms with Gasteiger partial charge in [0.2, 0.25) is 12.7 Å². The number of carbonyl (C=O) groups excluding carboxylic acids is 2. The SMILES string of the molecule is CC(C)(C)OC(=O)N1CCC1C(=O)N1CCC(CCn2cnc(=N)c3[nH]c(Sc4cc5c(cc4Br)OCO5)nc32)CC1. The summed E-state index contributed by atoms with van der Waals surface area (Å²) in [6.07, 6.45) is 4.66. The number of benzene rings is 1. The van der Waals surface area contributed by atoms with Crippen LogP contribution in [-0.2, 0) is 16.1 Å². The number of hydrogen-bond donors (Lipinski definition) is 2. The van der Waals surface area contributed by atoms with Crippen molar-refractivity contribution in [3.8, 4) is 11.5 Å². The number of aryl methyl sites for hydroxylation is 1. The fourth-order valence-corrected chi connectivity index (χ4v) is 6.79. The lowest BCUT2D eigenvalue weighted by molar-refractivity contribution is -0.142. The van der Waals surface area contributed by atoms with Gasteiger partial charge in [-0.25, -0.2) is 14.8 Å². The van der Waals surface area contributed by atoms with Gasteiger partial charge in [0, 0.05) is 35.5 Å². The maximum atomic E-state index is 13.2. The van der Waals surface area contributed by atoms with E-state index in [1.807, 2.05) is 42.4 Å². The summed E-state index contributed by atoms with van der Waals surface area (Å²) in [7, 11) is 0. The van der Waals surface area contributed by atoms with Gasteiger partial charge in [-0.05, 0) is 80.4 Å². The maximum Gasteiger partial charge on any atom is 0.410 e. The first-order valence-electron chi connectivity index (χ1n) is 14.1. The second-order valence-corrected chi connectivity index (χ2v) is 13.7. The number of nitrogens with zero attached hydrogens (tertiary/aromatic N) is 5. The Labute approximate surface area is 255 Å². The van der Waals surface area contributed by atoms with Crippen molar-refractivity contribution in [3.05, 3.63) is 28.4 Å². The first-order valence-corrected chi connectivity index (χ1v) is 15.7. The average Bonchev–Trinajstić information content (AvgIpc) is 3.54. The molecule has 6 rings (SSSR count). The Balaban J connectivity index is 1.05. The number of hydrogen-bond acceptors (Lipinski definition) is 9. The molecular weight excluding hydrogens is 626 g/mol. The van der Waals surface area contributed by atoms with Crippen molar-refractivity contribution in [1.29, 1.82) is 5.41 Å². The third-order valence-electron chi connectivity index (χ3n) is 7.77. The predicted molar refractivity (Wildman–Crippen MR) is 157 cm³/mol. The summed E-state index contributed by atoms with van der Waals surface area (Å²) >= 11 is 5.04. The van der Waals surface area contributed by atoms with Crippen LogP contribution in [0.5, 0.6) is 11.5 Å². The van der Waals surface area contributed by atoms with Gasteiger partial charge in [0.15, 0.2) is 27.8 Å². The molecule has 0 spiro atoms. The number of amides is 2. The van der Waals surface area contributed by atoms with Crippen LogP contribution in [0.25, 0.3) is 11.2 Å². The van der Waals surface area contributed by atoms with Gasteiger partial charge in [-0.15, -0.1) is 0 Å². The molecule has 3 aliphatic rings. The number of H-pyrrole nitrogens is 1. The standard InChI is InChI=1S/C28H34BrN7O5S/c1-28(2,3)41-27(38)36-11-7-18(36)25(37)34-8-4-16(5-9-34)6-10-35-14-31-23(30)22-24(35)33-26(32-22)42-21-13-20-19(12-17(21)29)39-15-40-20/h12-14,16,18,30H,4-11,15H2,1-3H3,(H,32,33). The van der Waals surface area contributed by atoms with Crippen molar-refractivity contribution in [3.63, 3.8) is 0 Å². The van der Waals surface area contributed by atoms with Crippen LogP contribution in [0.15, 0.2) is 33.0 Å². The highest BCUT2D eigenvalue weighted by Crippen LogP contribution is 2.42. The minimum absolute atomic E-state index is 0.0209. The molecule has 2 fully saturated rings. The number of piperidine rings is 1. The minimum atomic E-state index is -0.584. The van der Waals surface area contributed by atoms with E-state index in [-0.39, 0.29) is 18.2 Å². The Hall–Kier alpha value is -3.26. The monoisotopic (exact) mass is 659 g/mol. The smallest absolute Gasteiger partial charge is 0.410 e. The lowest BCUT2D eigenvalue weighted by Gasteiger charge is -2.43. The van der Waals surface area contributed by atoms with Crippen LogP contribution >= 0.6 is 27.7 Å². The molecule has 5 heterocycles. The molecule has 1 unspecified atom stereocenters. The van der Waals surface area contributed by atoms with Crippen molar-refractivity contribution in [1.82, 2.24) is 29.3 Å². The average molecular weight is 661 g/mol. The highest BCUT2D eigenvalue weighted by Gasteiger charge is 2.42. The zero-order valence-corrected chi connectivity index (χ0v) is 26.2. The molecule has 0 bridgehead atoms. The second kappa shape index (κ2) is 11.4. The van der Waals surface area contributed by atoms with Crippen LogP contribution in [0.2, 0.25) is 0 Å². The third-order valence-corrected chi connectivity index (χ3v) is 9.63. The molecule has 2 amide bonds. The number of ether oxygens (including phenoxy) is 3. The molecular formula is C28H34BrN7O5S. The Morgan fingerprint density at radius 3 is 2.60 bits per heavy atom. The molecule has 3 aliphatic heterocycles. The number of likely N-dealkylation sites (tertiary alicyclic amines) is 2. The number of halogens is 1. The van der Waals surface area contributed by atoms with Crippen molar-refractivity contribution in [2.24, 2.45) is 5.92 Å². The summed E-state index contributed by atoms with van der Waals surface area (Å²) in [6, 6.07) is 3.38. The molecule has 0 aliphatic carbocycles. The topological polar surface area (TPSA) is 139 Å². The lowest BCUT2D eigenvalue weighted by Crippen LogP contribution is -2.60. The zero-order valence-electron chi connectivity index (χ0n) is 23.8. The van der Waals surface area contributed by atoms with E-state index in [0.29, 0.717) is 66.3 Å². The molecule has 14 heteroatoms.